The third-order valence-corrected chi connectivity index (χ3v) is 4.27. The minimum absolute atomic E-state index is 0.0653. The highest BCUT2D eigenvalue weighted by Gasteiger charge is 2.32. The van der Waals surface area contributed by atoms with Gasteiger partial charge in [-0.05, 0) is 44.5 Å². The summed E-state index contributed by atoms with van der Waals surface area (Å²) in [7, 11) is 1.59. The Bertz CT molecular complexity index is 711. The summed E-state index contributed by atoms with van der Waals surface area (Å²) in [6.07, 6.45) is 0.0653. The van der Waals surface area contributed by atoms with E-state index >= 15 is 0 Å². The molecule has 2 amide bonds. The van der Waals surface area contributed by atoms with Crippen LogP contribution < -0.4 is 15.4 Å². The van der Waals surface area contributed by atoms with Crippen molar-refractivity contribution in [3.63, 3.8) is 0 Å². The predicted molar refractivity (Wildman–Crippen MR) is 96.7 cm³/mol. The topological polar surface area (TPSA) is 92.2 Å². The standard InChI is InChI=1S/C16H20N4O3S/c1-9(2)19-20-16-18-15(22)13(24-16)8-14(21)17-12-6-5-11(23-4)7-10(12)3/h5-7,13H,8H2,1-4H3,(H,17,21)(H,18,20,22). The highest BCUT2D eigenvalue weighted by atomic mass is 32.2. The van der Waals surface area contributed by atoms with Gasteiger partial charge in [0.05, 0.1) is 7.11 Å². The fraction of sp³-hybridized carbons (Fsp3) is 0.375. The number of anilines is 1. The average molecular weight is 348 g/mol. The molecule has 0 radical (unpaired) electrons. The van der Waals surface area contributed by atoms with Crippen LogP contribution in [0.4, 0.5) is 5.69 Å². The first-order valence-electron chi connectivity index (χ1n) is 7.40. The fourth-order valence-corrected chi connectivity index (χ4v) is 2.92. The van der Waals surface area contributed by atoms with E-state index in [1.165, 1.54) is 11.8 Å². The first kappa shape index (κ1) is 18.0. The van der Waals surface area contributed by atoms with E-state index in [9.17, 15) is 9.59 Å². The Kier molecular flexibility index (Phi) is 5.97. The lowest BCUT2D eigenvalue weighted by molar-refractivity contribution is -0.122. The van der Waals surface area contributed by atoms with Gasteiger partial charge in [0.1, 0.15) is 11.0 Å². The monoisotopic (exact) mass is 348 g/mol. The highest BCUT2D eigenvalue weighted by molar-refractivity contribution is 8.15. The van der Waals surface area contributed by atoms with Crippen molar-refractivity contribution in [3.05, 3.63) is 23.8 Å². The number of amides is 2. The number of hydrogen-bond acceptors (Lipinski definition) is 6. The van der Waals surface area contributed by atoms with Crippen LogP contribution in [0.1, 0.15) is 25.8 Å². The quantitative estimate of drug-likeness (QED) is 0.631. The Balaban J connectivity index is 1.96. The zero-order valence-corrected chi connectivity index (χ0v) is 14.9. The van der Waals surface area contributed by atoms with E-state index in [2.05, 4.69) is 20.8 Å². The van der Waals surface area contributed by atoms with Gasteiger partial charge in [-0.15, -0.1) is 5.10 Å². The summed E-state index contributed by atoms with van der Waals surface area (Å²) in [4.78, 5) is 24.1. The summed E-state index contributed by atoms with van der Waals surface area (Å²) >= 11 is 1.21. The normalized spacial score (nSPS) is 18.2. The molecule has 0 bridgehead atoms. The van der Waals surface area contributed by atoms with Gasteiger partial charge in [0, 0.05) is 17.8 Å². The Morgan fingerprint density at radius 2 is 2.17 bits per heavy atom. The van der Waals surface area contributed by atoms with Crippen molar-refractivity contribution >= 4 is 40.1 Å². The van der Waals surface area contributed by atoms with Crippen LogP contribution in [0.25, 0.3) is 0 Å². The zero-order valence-electron chi connectivity index (χ0n) is 14.0. The number of carbonyl (C=O) groups is 2. The molecule has 2 rings (SSSR count). The number of benzene rings is 1. The molecule has 1 aromatic carbocycles. The van der Waals surface area contributed by atoms with Crippen molar-refractivity contribution in [1.82, 2.24) is 5.32 Å². The van der Waals surface area contributed by atoms with E-state index in [1.807, 2.05) is 26.8 Å². The summed E-state index contributed by atoms with van der Waals surface area (Å²) in [5.41, 5.74) is 2.37. The van der Waals surface area contributed by atoms with Crippen LogP contribution >= 0.6 is 11.8 Å². The van der Waals surface area contributed by atoms with Crippen LogP contribution in [0.15, 0.2) is 28.4 Å². The van der Waals surface area contributed by atoms with Crippen LogP contribution in [-0.4, -0.2) is 35.1 Å². The number of methoxy groups -OCH3 is 1. The molecule has 1 aliphatic rings. The van der Waals surface area contributed by atoms with Crippen molar-refractivity contribution < 1.29 is 14.3 Å². The number of rotatable bonds is 5. The lowest BCUT2D eigenvalue weighted by Gasteiger charge is -2.11. The fourth-order valence-electron chi connectivity index (χ4n) is 2.00. The number of hydrogen-bond donors (Lipinski definition) is 2. The number of nitrogens with one attached hydrogen (secondary N) is 2. The zero-order chi connectivity index (χ0) is 17.7. The third kappa shape index (κ3) is 4.82. The number of aryl methyl sites for hydroxylation is 1. The van der Waals surface area contributed by atoms with Gasteiger partial charge < -0.3 is 15.4 Å². The van der Waals surface area contributed by atoms with Crippen LogP contribution in [0.2, 0.25) is 0 Å². The van der Waals surface area contributed by atoms with Gasteiger partial charge in [0.15, 0.2) is 5.17 Å². The Labute approximate surface area is 144 Å². The maximum Gasteiger partial charge on any atom is 0.240 e. The minimum atomic E-state index is -0.505. The molecule has 0 aromatic heterocycles. The number of thioether (sulfide) groups is 1. The first-order chi connectivity index (χ1) is 11.4. The van der Waals surface area contributed by atoms with Crippen molar-refractivity contribution in [2.75, 3.05) is 12.4 Å². The van der Waals surface area contributed by atoms with Gasteiger partial charge in [-0.25, -0.2) is 0 Å². The van der Waals surface area contributed by atoms with Gasteiger partial charge in [0.25, 0.3) is 0 Å². The number of carbonyl (C=O) groups excluding carboxylic acids is 2. The highest BCUT2D eigenvalue weighted by Crippen LogP contribution is 2.25. The smallest absolute Gasteiger partial charge is 0.240 e. The second-order valence-electron chi connectivity index (χ2n) is 5.48. The first-order valence-corrected chi connectivity index (χ1v) is 8.28. The molecule has 1 unspecified atom stereocenters. The van der Waals surface area contributed by atoms with Crippen LogP contribution in [-0.2, 0) is 9.59 Å². The summed E-state index contributed by atoms with van der Waals surface area (Å²) < 4.78 is 5.14. The minimum Gasteiger partial charge on any atom is -0.497 e. The number of amidine groups is 1. The van der Waals surface area contributed by atoms with E-state index in [0.29, 0.717) is 10.9 Å². The molecule has 1 aromatic rings. The Morgan fingerprint density at radius 3 is 2.79 bits per heavy atom. The van der Waals surface area contributed by atoms with E-state index in [-0.39, 0.29) is 18.2 Å². The van der Waals surface area contributed by atoms with E-state index in [1.54, 1.807) is 19.2 Å². The predicted octanol–water partition coefficient (Wildman–Crippen LogP) is 2.32. The molecule has 0 saturated carbocycles. The third-order valence-electron chi connectivity index (χ3n) is 3.20. The van der Waals surface area contributed by atoms with E-state index in [4.69, 9.17) is 4.74 Å². The lowest BCUT2D eigenvalue weighted by Crippen LogP contribution is -2.28. The van der Waals surface area contributed by atoms with Crippen LogP contribution in [0, 0.1) is 6.92 Å². The Morgan fingerprint density at radius 1 is 1.42 bits per heavy atom. The SMILES string of the molecule is COc1ccc(NC(=O)CC2SC(=NN=C(C)C)NC2=O)c(C)c1. The molecule has 1 fully saturated rings. The van der Waals surface area contributed by atoms with Gasteiger partial charge in [-0.3, -0.25) is 9.59 Å². The molecule has 1 aliphatic heterocycles. The molecule has 128 valence electrons. The second kappa shape index (κ2) is 7.96. The van der Waals surface area contributed by atoms with Crippen LogP contribution in [0.5, 0.6) is 5.75 Å². The molecule has 1 saturated heterocycles. The second-order valence-corrected chi connectivity index (χ2v) is 6.67. The van der Waals surface area contributed by atoms with Crippen molar-refractivity contribution in [1.29, 1.82) is 0 Å². The largest absolute Gasteiger partial charge is 0.497 e. The molecule has 0 aliphatic carbocycles. The molecular formula is C16H20N4O3S. The van der Waals surface area contributed by atoms with Gasteiger partial charge in [-0.2, -0.15) is 5.10 Å². The van der Waals surface area contributed by atoms with Gasteiger partial charge in [0.2, 0.25) is 11.8 Å². The number of nitrogens with zero attached hydrogens (tertiary/aromatic N) is 2. The maximum absolute atomic E-state index is 12.2. The van der Waals surface area contributed by atoms with Gasteiger partial charge in [-0.1, -0.05) is 11.8 Å². The van der Waals surface area contributed by atoms with Crippen molar-refractivity contribution in [3.8, 4) is 5.75 Å². The summed E-state index contributed by atoms with van der Waals surface area (Å²) in [5.74, 6) is 0.264. The summed E-state index contributed by atoms with van der Waals surface area (Å²) in [6, 6.07) is 5.39. The Hall–Kier alpha value is -2.35. The lowest BCUT2D eigenvalue weighted by atomic mass is 10.2. The molecule has 1 atom stereocenters. The molecular weight excluding hydrogens is 328 g/mol. The summed E-state index contributed by atoms with van der Waals surface area (Å²) in [6.45, 7) is 5.51. The van der Waals surface area contributed by atoms with Crippen molar-refractivity contribution in [2.45, 2.75) is 32.4 Å². The molecule has 0 spiro atoms. The van der Waals surface area contributed by atoms with E-state index < -0.39 is 5.25 Å². The molecule has 1 heterocycles. The maximum atomic E-state index is 12.2. The molecule has 7 nitrogen and oxygen atoms in total. The van der Waals surface area contributed by atoms with E-state index in [0.717, 1.165) is 17.0 Å². The summed E-state index contributed by atoms with van der Waals surface area (Å²) in [5, 5.41) is 13.2. The van der Waals surface area contributed by atoms with Crippen molar-refractivity contribution in [2.24, 2.45) is 10.2 Å². The average Bonchev–Trinajstić information content (AvgIpc) is 2.87. The number of ether oxygens (including phenoxy) is 1. The van der Waals surface area contributed by atoms with Gasteiger partial charge >= 0.3 is 0 Å². The molecule has 8 heteroatoms. The van der Waals surface area contributed by atoms with Crippen LogP contribution in [0.3, 0.4) is 0 Å². The molecule has 24 heavy (non-hydrogen) atoms. The molecule has 2 N–H and O–H groups in total.